The van der Waals surface area contributed by atoms with Gasteiger partial charge in [0.2, 0.25) is 5.91 Å². The van der Waals surface area contributed by atoms with Crippen LogP contribution in [0.3, 0.4) is 0 Å². The standard InChI is InChI=1S/C14H23NO3/c1-9(2)14(13(17)18)8-11(14)12(16)15-7-5-4-6-10(15)3/h9-11H,4-8H2,1-3H3,(H,17,18). The molecule has 1 saturated heterocycles. The van der Waals surface area contributed by atoms with E-state index < -0.39 is 11.4 Å². The number of piperidine rings is 1. The Kier molecular flexibility index (Phi) is 3.39. The zero-order chi connectivity index (χ0) is 13.5. The van der Waals surface area contributed by atoms with Crippen molar-refractivity contribution in [3.05, 3.63) is 0 Å². The normalized spacial score (nSPS) is 35.7. The van der Waals surface area contributed by atoms with Gasteiger partial charge in [-0.15, -0.1) is 0 Å². The zero-order valence-corrected chi connectivity index (χ0v) is 11.5. The lowest BCUT2D eigenvalue weighted by molar-refractivity contribution is -0.149. The summed E-state index contributed by atoms with van der Waals surface area (Å²) in [5, 5.41) is 9.39. The van der Waals surface area contributed by atoms with Crippen LogP contribution in [0.1, 0.15) is 46.5 Å². The fraction of sp³-hybridized carbons (Fsp3) is 0.857. The first-order chi connectivity index (χ1) is 8.41. The van der Waals surface area contributed by atoms with Gasteiger partial charge >= 0.3 is 5.97 Å². The molecule has 1 aliphatic heterocycles. The molecule has 1 amide bonds. The van der Waals surface area contributed by atoms with E-state index in [-0.39, 0.29) is 23.8 Å². The highest BCUT2D eigenvalue weighted by Crippen LogP contribution is 2.59. The molecule has 4 heteroatoms. The third kappa shape index (κ3) is 1.91. The van der Waals surface area contributed by atoms with Gasteiger partial charge in [-0.05, 0) is 38.5 Å². The first kappa shape index (κ1) is 13.4. The molecule has 3 unspecified atom stereocenters. The third-order valence-electron chi connectivity index (χ3n) is 4.82. The minimum Gasteiger partial charge on any atom is -0.481 e. The van der Waals surface area contributed by atoms with Crippen LogP contribution in [0.2, 0.25) is 0 Å². The molecule has 2 fully saturated rings. The Bertz CT molecular complexity index is 366. The average molecular weight is 253 g/mol. The van der Waals surface area contributed by atoms with E-state index in [0.29, 0.717) is 6.42 Å². The van der Waals surface area contributed by atoms with E-state index in [2.05, 4.69) is 6.92 Å². The maximum Gasteiger partial charge on any atom is 0.310 e. The van der Waals surface area contributed by atoms with Crippen LogP contribution in [-0.4, -0.2) is 34.5 Å². The molecule has 1 saturated carbocycles. The van der Waals surface area contributed by atoms with Crippen molar-refractivity contribution >= 4 is 11.9 Å². The van der Waals surface area contributed by atoms with Gasteiger partial charge in [-0.3, -0.25) is 9.59 Å². The van der Waals surface area contributed by atoms with E-state index in [9.17, 15) is 14.7 Å². The predicted octanol–water partition coefficient (Wildman–Crippen LogP) is 2.13. The predicted molar refractivity (Wildman–Crippen MR) is 68.0 cm³/mol. The third-order valence-corrected chi connectivity index (χ3v) is 4.82. The smallest absolute Gasteiger partial charge is 0.310 e. The lowest BCUT2D eigenvalue weighted by Crippen LogP contribution is -2.44. The number of hydrogen-bond acceptors (Lipinski definition) is 2. The molecule has 0 spiro atoms. The first-order valence-electron chi connectivity index (χ1n) is 6.95. The van der Waals surface area contributed by atoms with Crippen molar-refractivity contribution < 1.29 is 14.7 Å². The number of likely N-dealkylation sites (tertiary alicyclic amines) is 1. The van der Waals surface area contributed by atoms with Crippen molar-refractivity contribution in [3.8, 4) is 0 Å². The summed E-state index contributed by atoms with van der Waals surface area (Å²) < 4.78 is 0. The van der Waals surface area contributed by atoms with Crippen LogP contribution in [0.25, 0.3) is 0 Å². The second-order valence-corrected chi connectivity index (χ2v) is 6.13. The molecular formula is C14H23NO3. The molecule has 4 nitrogen and oxygen atoms in total. The molecule has 102 valence electrons. The molecule has 0 aromatic heterocycles. The number of rotatable bonds is 3. The number of carbonyl (C=O) groups excluding carboxylic acids is 1. The van der Waals surface area contributed by atoms with E-state index in [0.717, 1.165) is 19.4 Å². The van der Waals surface area contributed by atoms with Crippen molar-refractivity contribution in [2.24, 2.45) is 17.3 Å². The number of nitrogens with zero attached hydrogens (tertiary/aromatic N) is 1. The molecule has 0 bridgehead atoms. The number of aliphatic carboxylic acids is 1. The zero-order valence-electron chi connectivity index (χ0n) is 11.5. The van der Waals surface area contributed by atoms with Crippen molar-refractivity contribution in [3.63, 3.8) is 0 Å². The van der Waals surface area contributed by atoms with Crippen molar-refractivity contribution in [1.29, 1.82) is 0 Å². The van der Waals surface area contributed by atoms with Crippen LogP contribution in [0.15, 0.2) is 0 Å². The molecule has 18 heavy (non-hydrogen) atoms. The molecule has 2 rings (SSSR count). The summed E-state index contributed by atoms with van der Waals surface area (Å²) in [6, 6.07) is 0.269. The van der Waals surface area contributed by atoms with E-state index in [4.69, 9.17) is 0 Å². The number of amides is 1. The Labute approximate surface area is 108 Å². The largest absolute Gasteiger partial charge is 0.481 e. The van der Waals surface area contributed by atoms with Gasteiger partial charge in [-0.1, -0.05) is 13.8 Å². The van der Waals surface area contributed by atoms with Gasteiger partial charge in [0.25, 0.3) is 0 Å². The van der Waals surface area contributed by atoms with E-state index in [1.165, 1.54) is 6.42 Å². The number of carboxylic acid groups (broad SMARTS) is 1. The summed E-state index contributed by atoms with van der Waals surface area (Å²) in [5.41, 5.74) is -0.797. The monoisotopic (exact) mass is 253 g/mol. The van der Waals surface area contributed by atoms with Gasteiger partial charge < -0.3 is 10.0 Å². The van der Waals surface area contributed by atoms with Gasteiger partial charge in [0.15, 0.2) is 0 Å². The molecule has 3 atom stereocenters. The SMILES string of the molecule is CC1CCCCN1C(=O)C1CC1(C(=O)O)C(C)C. The van der Waals surface area contributed by atoms with Crippen LogP contribution in [0.5, 0.6) is 0 Å². The maximum absolute atomic E-state index is 12.5. The van der Waals surface area contributed by atoms with Gasteiger partial charge in [-0.2, -0.15) is 0 Å². The van der Waals surface area contributed by atoms with E-state index in [1.807, 2.05) is 18.7 Å². The van der Waals surface area contributed by atoms with E-state index in [1.54, 1.807) is 0 Å². The molecule has 2 aliphatic rings. The lowest BCUT2D eigenvalue weighted by atomic mass is 9.89. The maximum atomic E-state index is 12.5. The molecule has 0 aromatic carbocycles. The van der Waals surface area contributed by atoms with Crippen LogP contribution in [-0.2, 0) is 9.59 Å². The Hall–Kier alpha value is -1.06. The molecule has 0 aromatic rings. The molecule has 1 heterocycles. The second-order valence-electron chi connectivity index (χ2n) is 6.13. The summed E-state index contributed by atoms with van der Waals surface area (Å²) in [4.78, 5) is 25.8. The van der Waals surface area contributed by atoms with Crippen molar-refractivity contribution in [2.45, 2.75) is 52.5 Å². The molecule has 0 radical (unpaired) electrons. The van der Waals surface area contributed by atoms with E-state index >= 15 is 0 Å². The van der Waals surface area contributed by atoms with Crippen LogP contribution in [0, 0.1) is 17.3 Å². The lowest BCUT2D eigenvalue weighted by Gasteiger charge is -2.34. The number of carboxylic acids is 1. The summed E-state index contributed by atoms with van der Waals surface area (Å²) in [6.45, 7) is 6.67. The summed E-state index contributed by atoms with van der Waals surface area (Å²) in [6.07, 6.45) is 3.77. The van der Waals surface area contributed by atoms with Crippen LogP contribution in [0.4, 0.5) is 0 Å². The minimum absolute atomic E-state index is 0.0176. The van der Waals surface area contributed by atoms with Crippen molar-refractivity contribution in [2.75, 3.05) is 6.54 Å². The molecule has 1 N–H and O–H groups in total. The van der Waals surface area contributed by atoms with Gasteiger partial charge in [0.1, 0.15) is 0 Å². The fourth-order valence-corrected chi connectivity index (χ4v) is 3.33. The Balaban J connectivity index is 2.10. The quantitative estimate of drug-likeness (QED) is 0.838. The Morgan fingerprint density at radius 2 is 2.00 bits per heavy atom. The second kappa shape index (κ2) is 4.56. The molecular weight excluding hydrogens is 230 g/mol. The number of carbonyl (C=O) groups is 2. The van der Waals surface area contributed by atoms with Crippen LogP contribution >= 0.6 is 0 Å². The van der Waals surface area contributed by atoms with Crippen LogP contribution < -0.4 is 0 Å². The fourth-order valence-electron chi connectivity index (χ4n) is 3.33. The summed E-state index contributed by atoms with van der Waals surface area (Å²) in [5.74, 6) is -1.02. The highest BCUT2D eigenvalue weighted by Gasteiger charge is 2.66. The van der Waals surface area contributed by atoms with Gasteiger partial charge in [0, 0.05) is 12.6 Å². The summed E-state index contributed by atoms with van der Waals surface area (Å²) >= 11 is 0. The highest BCUT2D eigenvalue weighted by atomic mass is 16.4. The highest BCUT2D eigenvalue weighted by molar-refractivity contribution is 5.93. The Morgan fingerprint density at radius 3 is 2.44 bits per heavy atom. The van der Waals surface area contributed by atoms with Gasteiger partial charge in [0.05, 0.1) is 11.3 Å². The topological polar surface area (TPSA) is 57.6 Å². The van der Waals surface area contributed by atoms with Crippen molar-refractivity contribution in [1.82, 2.24) is 4.90 Å². The average Bonchev–Trinajstić information content (AvgIpc) is 3.05. The summed E-state index contributed by atoms with van der Waals surface area (Å²) in [7, 11) is 0. The minimum atomic E-state index is -0.805. The number of hydrogen-bond donors (Lipinski definition) is 1. The molecule has 1 aliphatic carbocycles. The first-order valence-corrected chi connectivity index (χ1v) is 6.95. The Morgan fingerprint density at radius 1 is 1.33 bits per heavy atom. The van der Waals surface area contributed by atoms with Gasteiger partial charge in [-0.25, -0.2) is 0 Å².